The molecule has 0 radical (unpaired) electrons. The summed E-state index contributed by atoms with van der Waals surface area (Å²) in [5.41, 5.74) is 5.61. The predicted molar refractivity (Wildman–Crippen MR) is 65.5 cm³/mol. The predicted octanol–water partition coefficient (Wildman–Crippen LogP) is 1.34. The second-order valence-corrected chi connectivity index (χ2v) is 6.94. The van der Waals surface area contributed by atoms with E-state index in [9.17, 15) is 8.42 Å². The van der Waals surface area contributed by atoms with E-state index in [2.05, 4.69) is 9.69 Å². The SMILES string of the molecule is CCS(=O)(=O)c1c(N)nsc1NCC1CC1. The summed E-state index contributed by atoms with van der Waals surface area (Å²) in [6.07, 6.45) is 2.44. The molecular weight excluding hydrogens is 246 g/mol. The zero-order valence-corrected chi connectivity index (χ0v) is 10.7. The maximum atomic E-state index is 11.8. The van der Waals surface area contributed by atoms with E-state index in [0.717, 1.165) is 18.1 Å². The van der Waals surface area contributed by atoms with E-state index in [1.54, 1.807) is 6.92 Å². The van der Waals surface area contributed by atoms with Crippen molar-refractivity contribution in [3.63, 3.8) is 0 Å². The highest BCUT2D eigenvalue weighted by molar-refractivity contribution is 7.91. The second-order valence-electron chi connectivity index (χ2n) is 3.95. The van der Waals surface area contributed by atoms with E-state index in [4.69, 9.17) is 5.73 Å². The number of nitrogen functional groups attached to an aromatic ring is 1. The lowest BCUT2D eigenvalue weighted by atomic mass is 10.4. The number of nitrogens with zero attached hydrogens (tertiary/aromatic N) is 1. The number of sulfone groups is 1. The van der Waals surface area contributed by atoms with Crippen LogP contribution in [0.4, 0.5) is 10.8 Å². The average Bonchev–Trinajstić information content (AvgIpc) is 2.99. The number of nitrogens with one attached hydrogen (secondary N) is 1. The summed E-state index contributed by atoms with van der Waals surface area (Å²) in [7, 11) is -3.28. The van der Waals surface area contributed by atoms with Gasteiger partial charge in [0.05, 0.1) is 5.75 Å². The van der Waals surface area contributed by atoms with Crippen molar-refractivity contribution in [3.05, 3.63) is 0 Å². The maximum absolute atomic E-state index is 11.8. The van der Waals surface area contributed by atoms with Crippen LogP contribution in [-0.2, 0) is 9.84 Å². The Kier molecular flexibility index (Phi) is 3.07. The molecule has 16 heavy (non-hydrogen) atoms. The molecule has 1 aliphatic rings. The van der Waals surface area contributed by atoms with Crippen molar-refractivity contribution in [2.45, 2.75) is 24.7 Å². The zero-order chi connectivity index (χ0) is 11.8. The molecule has 1 fully saturated rings. The molecule has 0 atom stereocenters. The summed E-state index contributed by atoms with van der Waals surface area (Å²) in [6, 6.07) is 0. The highest BCUT2D eigenvalue weighted by Gasteiger charge is 2.26. The van der Waals surface area contributed by atoms with E-state index in [-0.39, 0.29) is 16.5 Å². The van der Waals surface area contributed by atoms with Crippen LogP contribution in [0.5, 0.6) is 0 Å². The Hall–Kier alpha value is -0.820. The lowest BCUT2D eigenvalue weighted by molar-refractivity contribution is 0.598. The van der Waals surface area contributed by atoms with Crippen LogP contribution in [-0.4, -0.2) is 25.1 Å². The topological polar surface area (TPSA) is 85.1 Å². The molecule has 1 aromatic heterocycles. The largest absolute Gasteiger partial charge is 0.382 e. The monoisotopic (exact) mass is 261 g/mol. The van der Waals surface area contributed by atoms with Gasteiger partial charge in [-0.2, -0.15) is 4.37 Å². The Balaban J connectivity index is 2.24. The lowest BCUT2D eigenvalue weighted by Crippen LogP contribution is -2.10. The van der Waals surface area contributed by atoms with Crippen molar-refractivity contribution in [2.24, 2.45) is 5.92 Å². The first kappa shape index (κ1) is 11.7. The van der Waals surface area contributed by atoms with Gasteiger partial charge < -0.3 is 11.1 Å². The lowest BCUT2D eigenvalue weighted by Gasteiger charge is -2.05. The van der Waals surface area contributed by atoms with E-state index >= 15 is 0 Å². The maximum Gasteiger partial charge on any atom is 0.184 e. The molecule has 1 heterocycles. The van der Waals surface area contributed by atoms with Gasteiger partial charge in [0, 0.05) is 6.54 Å². The molecule has 0 amide bonds. The summed E-state index contributed by atoms with van der Waals surface area (Å²) in [6.45, 7) is 2.42. The molecule has 3 N–H and O–H groups in total. The van der Waals surface area contributed by atoms with Gasteiger partial charge in [-0.05, 0) is 30.3 Å². The van der Waals surface area contributed by atoms with Crippen LogP contribution >= 0.6 is 11.5 Å². The fourth-order valence-electron chi connectivity index (χ4n) is 1.41. The van der Waals surface area contributed by atoms with Crippen molar-refractivity contribution >= 4 is 32.2 Å². The van der Waals surface area contributed by atoms with Gasteiger partial charge >= 0.3 is 0 Å². The van der Waals surface area contributed by atoms with E-state index in [0.29, 0.717) is 10.9 Å². The first-order valence-electron chi connectivity index (χ1n) is 5.26. The van der Waals surface area contributed by atoms with Crippen LogP contribution in [0.1, 0.15) is 19.8 Å². The minimum atomic E-state index is -3.28. The fraction of sp³-hybridized carbons (Fsp3) is 0.667. The Morgan fingerprint density at radius 3 is 2.81 bits per heavy atom. The van der Waals surface area contributed by atoms with Crippen LogP contribution in [0.25, 0.3) is 0 Å². The molecule has 1 aromatic rings. The molecule has 0 unspecified atom stereocenters. The van der Waals surface area contributed by atoms with Crippen molar-refractivity contribution in [1.82, 2.24) is 4.37 Å². The van der Waals surface area contributed by atoms with Crippen molar-refractivity contribution < 1.29 is 8.42 Å². The van der Waals surface area contributed by atoms with E-state index in [1.165, 1.54) is 12.8 Å². The van der Waals surface area contributed by atoms with Gasteiger partial charge in [0.25, 0.3) is 0 Å². The van der Waals surface area contributed by atoms with Crippen LogP contribution in [0, 0.1) is 5.92 Å². The van der Waals surface area contributed by atoms with E-state index in [1.807, 2.05) is 0 Å². The zero-order valence-electron chi connectivity index (χ0n) is 9.06. The normalized spacial score (nSPS) is 16.3. The molecule has 1 aliphatic carbocycles. The summed E-state index contributed by atoms with van der Waals surface area (Å²) in [5.74, 6) is 0.846. The Bertz CT molecular complexity index is 477. The smallest absolute Gasteiger partial charge is 0.184 e. The molecule has 0 bridgehead atoms. The number of anilines is 2. The molecular formula is C9H15N3O2S2. The third-order valence-corrected chi connectivity index (χ3v) is 5.36. The number of nitrogens with two attached hydrogens (primary N) is 1. The van der Waals surface area contributed by atoms with Gasteiger partial charge in [-0.1, -0.05) is 6.92 Å². The van der Waals surface area contributed by atoms with Crippen molar-refractivity contribution in [1.29, 1.82) is 0 Å². The standard InChI is InChI=1S/C9H15N3O2S2/c1-2-16(13,14)7-8(10)12-15-9(7)11-5-6-3-4-6/h6,11H,2-5H2,1H3,(H2,10,12). The Morgan fingerprint density at radius 2 is 2.25 bits per heavy atom. The first-order valence-corrected chi connectivity index (χ1v) is 7.69. The molecule has 0 aromatic carbocycles. The Labute approximate surface area is 99.1 Å². The number of aromatic nitrogens is 1. The minimum absolute atomic E-state index is 0.0493. The quantitative estimate of drug-likeness (QED) is 0.835. The number of hydrogen-bond acceptors (Lipinski definition) is 6. The summed E-state index contributed by atoms with van der Waals surface area (Å²) in [5, 5.41) is 3.72. The van der Waals surface area contributed by atoms with Crippen molar-refractivity contribution in [3.8, 4) is 0 Å². The molecule has 0 saturated heterocycles. The molecule has 90 valence electrons. The molecule has 1 saturated carbocycles. The third kappa shape index (κ3) is 2.30. The highest BCUT2D eigenvalue weighted by Crippen LogP contribution is 2.34. The highest BCUT2D eigenvalue weighted by atomic mass is 32.2. The summed E-state index contributed by atoms with van der Waals surface area (Å²) in [4.78, 5) is 0.181. The molecule has 5 nitrogen and oxygen atoms in total. The summed E-state index contributed by atoms with van der Waals surface area (Å²) < 4.78 is 27.5. The average molecular weight is 261 g/mol. The van der Waals surface area contributed by atoms with Gasteiger partial charge in [-0.3, -0.25) is 0 Å². The Morgan fingerprint density at radius 1 is 1.56 bits per heavy atom. The van der Waals surface area contributed by atoms with Gasteiger partial charge in [0.1, 0.15) is 9.90 Å². The molecule has 0 aliphatic heterocycles. The first-order chi connectivity index (χ1) is 7.54. The molecule has 7 heteroatoms. The fourth-order valence-corrected chi connectivity index (χ4v) is 3.58. The van der Waals surface area contributed by atoms with Crippen LogP contribution in [0.2, 0.25) is 0 Å². The second kappa shape index (κ2) is 4.21. The van der Waals surface area contributed by atoms with Crippen LogP contribution < -0.4 is 11.1 Å². The third-order valence-electron chi connectivity index (χ3n) is 2.61. The van der Waals surface area contributed by atoms with Crippen molar-refractivity contribution in [2.75, 3.05) is 23.3 Å². The van der Waals surface area contributed by atoms with Gasteiger partial charge in [0.15, 0.2) is 15.7 Å². The van der Waals surface area contributed by atoms with E-state index < -0.39 is 9.84 Å². The number of rotatable bonds is 5. The summed E-state index contributed by atoms with van der Waals surface area (Å²) >= 11 is 1.12. The number of hydrogen-bond donors (Lipinski definition) is 2. The minimum Gasteiger partial charge on any atom is -0.382 e. The molecule has 0 spiro atoms. The van der Waals surface area contributed by atoms with Gasteiger partial charge in [0.2, 0.25) is 0 Å². The van der Waals surface area contributed by atoms with Gasteiger partial charge in [-0.25, -0.2) is 8.42 Å². The van der Waals surface area contributed by atoms with Crippen LogP contribution in [0.15, 0.2) is 4.90 Å². The van der Waals surface area contributed by atoms with Gasteiger partial charge in [-0.15, -0.1) is 0 Å². The van der Waals surface area contributed by atoms with Crippen LogP contribution in [0.3, 0.4) is 0 Å². The molecule has 2 rings (SSSR count).